The first-order valence-corrected chi connectivity index (χ1v) is 8.03. The van der Waals surface area contributed by atoms with E-state index in [1.54, 1.807) is 0 Å². The number of likely N-dealkylation sites (tertiary alicyclic amines) is 1. The zero-order valence-corrected chi connectivity index (χ0v) is 12.4. The van der Waals surface area contributed by atoms with E-state index < -0.39 is 0 Å². The van der Waals surface area contributed by atoms with Gasteiger partial charge in [-0.2, -0.15) is 0 Å². The Balaban J connectivity index is 1.47. The molecule has 2 rings (SSSR count). The molecule has 1 atom stereocenters. The van der Waals surface area contributed by atoms with Gasteiger partial charge in [0.15, 0.2) is 0 Å². The molecule has 0 aromatic carbocycles. The molecular weight excluding hydrogens is 256 g/mol. The molecule has 116 valence electrons. The Morgan fingerprint density at radius 1 is 1.25 bits per heavy atom. The topological polar surface area (TPSA) is 61.8 Å². The van der Waals surface area contributed by atoms with Crippen molar-refractivity contribution in [3.05, 3.63) is 0 Å². The molecule has 0 bridgehead atoms. The highest BCUT2D eigenvalue weighted by molar-refractivity contribution is 5.77. The smallest absolute Gasteiger partial charge is 0.234 e. The largest absolute Gasteiger partial charge is 0.392 e. The predicted molar refractivity (Wildman–Crippen MR) is 77.5 cm³/mol. The van der Waals surface area contributed by atoms with Gasteiger partial charge in [0.05, 0.1) is 18.8 Å². The van der Waals surface area contributed by atoms with E-state index in [0.717, 1.165) is 32.4 Å². The van der Waals surface area contributed by atoms with E-state index in [4.69, 9.17) is 4.74 Å². The van der Waals surface area contributed by atoms with Gasteiger partial charge in [0, 0.05) is 19.7 Å². The van der Waals surface area contributed by atoms with E-state index >= 15 is 0 Å². The summed E-state index contributed by atoms with van der Waals surface area (Å²) in [6.07, 6.45) is 7.89. The van der Waals surface area contributed by atoms with E-state index in [2.05, 4.69) is 5.32 Å². The fourth-order valence-corrected chi connectivity index (χ4v) is 3.04. The first-order valence-electron chi connectivity index (χ1n) is 8.03. The molecule has 0 unspecified atom stereocenters. The van der Waals surface area contributed by atoms with Crippen molar-refractivity contribution in [2.75, 3.05) is 32.8 Å². The molecule has 0 aromatic heterocycles. The first-order chi connectivity index (χ1) is 9.74. The normalized spacial score (nSPS) is 24.9. The van der Waals surface area contributed by atoms with Gasteiger partial charge in [-0.25, -0.2) is 0 Å². The summed E-state index contributed by atoms with van der Waals surface area (Å²) in [5.41, 5.74) is 0. The second-order valence-electron chi connectivity index (χ2n) is 6.01. The zero-order valence-electron chi connectivity index (χ0n) is 12.4. The molecule has 0 aromatic rings. The van der Waals surface area contributed by atoms with Crippen molar-refractivity contribution >= 4 is 5.91 Å². The molecule has 20 heavy (non-hydrogen) atoms. The summed E-state index contributed by atoms with van der Waals surface area (Å²) < 4.78 is 5.75. The SMILES string of the molecule is O=C(CN1CCC[C@@H](O)C1)NCCCOC1CCCC1. The first kappa shape index (κ1) is 15.7. The highest BCUT2D eigenvalue weighted by Crippen LogP contribution is 2.20. The number of hydrogen-bond acceptors (Lipinski definition) is 4. The standard InChI is InChI=1S/C15H28N2O3/c18-13-5-3-9-17(11-13)12-15(19)16-8-4-10-20-14-6-1-2-7-14/h13-14,18H,1-12H2,(H,16,19)/t13-/m1/s1. The van der Waals surface area contributed by atoms with Gasteiger partial charge < -0.3 is 15.2 Å². The summed E-state index contributed by atoms with van der Waals surface area (Å²) >= 11 is 0. The lowest BCUT2D eigenvalue weighted by Gasteiger charge is -2.29. The Morgan fingerprint density at radius 3 is 2.80 bits per heavy atom. The minimum Gasteiger partial charge on any atom is -0.392 e. The van der Waals surface area contributed by atoms with Crippen molar-refractivity contribution in [1.82, 2.24) is 10.2 Å². The second-order valence-corrected chi connectivity index (χ2v) is 6.01. The predicted octanol–water partition coefficient (Wildman–Crippen LogP) is 0.909. The third-order valence-corrected chi connectivity index (χ3v) is 4.15. The Hall–Kier alpha value is -0.650. The van der Waals surface area contributed by atoms with Gasteiger partial charge in [-0.15, -0.1) is 0 Å². The molecule has 2 N–H and O–H groups in total. The maximum absolute atomic E-state index is 11.8. The lowest BCUT2D eigenvalue weighted by Crippen LogP contribution is -2.44. The molecule has 2 fully saturated rings. The molecule has 0 radical (unpaired) electrons. The van der Waals surface area contributed by atoms with E-state index in [9.17, 15) is 9.90 Å². The van der Waals surface area contributed by atoms with Gasteiger partial charge >= 0.3 is 0 Å². The summed E-state index contributed by atoms with van der Waals surface area (Å²) in [4.78, 5) is 13.8. The van der Waals surface area contributed by atoms with Crippen molar-refractivity contribution in [2.24, 2.45) is 0 Å². The number of aliphatic hydroxyl groups excluding tert-OH is 1. The van der Waals surface area contributed by atoms with Gasteiger partial charge in [-0.05, 0) is 38.6 Å². The van der Waals surface area contributed by atoms with Crippen LogP contribution in [0.15, 0.2) is 0 Å². The molecule has 1 heterocycles. The molecular formula is C15H28N2O3. The van der Waals surface area contributed by atoms with Crippen LogP contribution in [0.3, 0.4) is 0 Å². The summed E-state index contributed by atoms with van der Waals surface area (Å²) in [5.74, 6) is 0.0555. The van der Waals surface area contributed by atoms with E-state index in [-0.39, 0.29) is 12.0 Å². The van der Waals surface area contributed by atoms with E-state index in [1.807, 2.05) is 4.90 Å². The van der Waals surface area contributed by atoms with Crippen LogP contribution in [0, 0.1) is 0 Å². The number of nitrogens with one attached hydrogen (secondary N) is 1. The van der Waals surface area contributed by atoms with Crippen LogP contribution in [0.4, 0.5) is 0 Å². The molecule has 2 aliphatic rings. The minimum absolute atomic E-state index is 0.0555. The number of nitrogens with zero attached hydrogens (tertiary/aromatic N) is 1. The molecule has 1 saturated carbocycles. The van der Waals surface area contributed by atoms with Crippen LogP contribution < -0.4 is 5.32 Å². The van der Waals surface area contributed by atoms with Crippen LogP contribution in [0.1, 0.15) is 44.9 Å². The summed E-state index contributed by atoms with van der Waals surface area (Å²) in [6.45, 7) is 3.36. The van der Waals surface area contributed by atoms with Gasteiger partial charge in [0.2, 0.25) is 5.91 Å². The number of piperidine rings is 1. The molecule has 1 amide bonds. The van der Waals surface area contributed by atoms with Gasteiger partial charge in [0.25, 0.3) is 0 Å². The number of carbonyl (C=O) groups excluding carboxylic acids is 1. The van der Waals surface area contributed by atoms with Gasteiger partial charge in [-0.1, -0.05) is 12.8 Å². The fraction of sp³-hybridized carbons (Fsp3) is 0.933. The van der Waals surface area contributed by atoms with Crippen molar-refractivity contribution in [3.63, 3.8) is 0 Å². The van der Waals surface area contributed by atoms with Crippen LogP contribution in [-0.2, 0) is 9.53 Å². The Kier molecular flexibility index (Phi) is 6.76. The maximum atomic E-state index is 11.8. The van der Waals surface area contributed by atoms with Crippen molar-refractivity contribution in [1.29, 1.82) is 0 Å². The van der Waals surface area contributed by atoms with Crippen molar-refractivity contribution in [3.8, 4) is 0 Å². The quantitative estimate of drug-likeness (QED) is 0.682. The lowest BCUT2D eigenvalue weighted by atomic mass is 10.1. The summed E-state index contributed by atoms with van der Waals surface area (Å²) in [6, 6.07) is 0. The highest BCUT2D eigenvalue weighted by Gasteiger charge is 2.19. The molecule has 1 saturated heterocycles. The molecule has 0 spiro atoms. The lowest BCUT2D eigenvalue weighted by molar-refractivity contribution is -0.123. The van der Waals surface area contributed by atoms with Crippen molar-refractivity contribution < 1.29 is 14.6 Å². The Labute approximate surface area is 121 Å². The Morgan fingerprint density at radius 2 is 2.05 bits per heavy atom. The van der Waals surface area contributed by atoms with Crippen molar-refractivity contribution in [2.45, 2.75) is 57.2 Å². The minimum atomic E-state index is -0.267. The number of amides is 1. The average Bonchev–Trinajstić information content (AvgIpc) is 2.91. The number of carbonyl (C=O) groups is 1. The van der Waals surface area contributed by atoms with E-state index in [0.29, 0.717) is 25.7 Å². The maximum Gasteiger partial charge on any atom is 0.234 e. The monoisotopic (exact) mass is 284 g/mol. The molecule has 1 aliphatic heterocycles. The zero-order chi connectivity index (χ0) is 14.2. The van der Waals surface area contributed by atoms with Crippen LogP contribution in [0.2, 0.25) is 0 Å². The number of hydrogen-bond donors (Lipinski definition) is 2. The van der Waals surface area contributed by atoms with Crippen LogP contribution in [-0.4, -0.2) is 60.9 Å². The van der Waals surface area contributed by atoms with E-state index in [1.165, 1.54) is 25.7 Å². The fourth-order valence-electron chi connectivity index (χ4n) is 3.04. The van der Waals surface area contributed by atoms with Gasteiger partial charge in [0.1, 0.15) is 0 Å². The molecule has 5 heteroatoms. The van der Waals surface area contributed by atoms with Gasteiger partial charge in [-0.3, -0.25) is 9.69 Å². The second kappa shape index (κ2) is 8.60. The van der Waals surface area contributed by atoms with Crippen LogP contribution in [0.25, 0.3) is 0 Å². The number of β-amino-alcohol motifs (C(OH)–C–C–N with tert-alkyl or cyclic N) is 1. The third-order valence-electron chi connectivity index (χ3n) is 4.15. The number of aliphatic hydroxyl groups is 1. The summed E-state index contributed by atoms with van der Waals surface area (Å²) in [7, 11) is 0. The number of rotatable bonds is 7. The third kappa shape index (κ3) is 5.77. The van der Waals surface area contributed by atoms with Crippen LogP contribution >= 0.6 is 0 Å². The summed E-state index contributed by atoms with van der Waals surface area (Å²) in [5, 5.41) is 12.5. The van der Waals surface area contributed by atoms with Crippen LogP contribution in [0.5, 0.6) is 0 Å². The number of ether oxygens (including phenoxy) is 1. The molecule has 1 aliphatic carbocycles. The molecule has 5 nitrogen and oxygen atoms in total. The average molecular weight is 284 g/mol. The highest BCUT2D eigenvalue weighted by atomic mass is 16.5. The Bertz CT molecular complexity index is 293.